The number of methoxy groups -OCH3 is 1. The second-order valence-electron chi connectivity index (χ2n) is 4.72. The molecule has 0 atom stereocenters. The third-order valence-electron chi connectivity index (χ3n) is 2.04. The molecule has 1 heterocycles. The highest BCUT2D eigenvalue weighted by molar-refractivity contribution is 9.10. The van der Waals surface area contributed by atoms with Crippen LogP contribution in [0.2, 0.25) is 0 Å². The number of halogens is 1. The summed E-state index contributed by atoms with van der Waals surface area (Å²) in [4.78, 5) is 17.3. The Hall–Kier alpha value is -1.30. The van der Waals surface area contributed by atoms with Gasteiger partial charge in [-0.25, -0.2) is 9.78 Å². The van der Waals surface area contributed by atoms with Gasteiger partial charge in [-0.15, -0.1) is 0 Å². The summed E-state index contributed by atoms with van der Waals surface area (Å²) in [6, 6.07) is 1.66. The molecular formula is C12H17BrN2O3. The van der Waals surface area contributed by atoms with E-state index >= 15 is 0 Å². The maximum absolute atomic E-state index is 11.9. The molecule has 6 heteroatoms. The molecule has 1 rings (SSSR count). The Balaban J connectivity index is 2.90. The molecule has 1 aromatic rings. The Bertz CT molecular complexity index is 443. The minimum atomic E-state index is -0.537. The van der Waals surface area contributed by atoms with Gasteiger partial charge in [-0.05, 0) is 36.7 Å². The Morgan fingerprint density at radius 3 is 2.56 bits per heavy atom. The lowest BCUT2D eigenvalue weighted by atomic mass is 10.2. The van der Waals surface area contributed by atoms with E-state index in [1.54, 1.807) is 26.4 Å². The number of carbonyl (C=O) groups is 1. The third kappa shape index (κ3) is 3.87. The van der Waals surface area contributed by atoms with E-state index < -0.39 is 11.7 Å². The van der Waals surface area contributed by atoms with Gasteiger partial charge in [0, 0.05) is 19.3 Å². The number of anilines is 1. The Kier molecular flexibility index (Phi) is 4.56. The van der Waals surface area contributed by atoms with Crippen molar-refractivity contribution >= 4 is 27.8 Å². The normalized spacial score (nSPS) is 11.0. The molecule has 1 amide bonds. The van der Waals surface area contributed by atoms with E-state index in [0.717, 1.165) is 4.47 Å². The molecule has 0 saturated heterocycles. The number of hydrogen-bond donors (Lipinski definition) is 0. The lowest BCUT2D eigenvalue weighted by molar-refractivity contribution is 0.0588. The van der Waals surface area contributed by atoms with Crippen molar-refractivity contribution in [3.8, 4) is 5.75 Å². The quantitative estimate of drug-likeness (QED) is 0.840. The van der Waals surface area contributed by atoms with Gasteiger partial charge in [0.1, 0.15) is 17.2 Å². The van der Waals surface area contributed by atoms with Crippen molar-refractivity contribution in [1.82, 2.24) is 4.98 Å². The molecule has 100 valence electrons. The van der Waals surface area contributed by atoms with E-state index in [-0.39, 0.29) is 0 Å². The Labute approximate surface area is 115 Å². The van der Waals surface area contributed by atoms with Gasteiger partial charge < -0.3 is 9.47 Å². The average Bonchev–Trinajstić information content (AvgIpc) is 2.26. The van der Waals surface area contributed by atoms with Crippen molar-refractivity contribution in [1.29, 1.82) is 0 Å². The molecule has 0 fully saturated rings. The predicted octanol–water partition coefficient (Wildman–Crippen LogP) is 3.22. The molecule has 0 aliphatic heterocycles. The highest BCUT2D eigenvalue weighted by Crippen LogP contribution is 2.27. The molecule has 0 spiro atoms. The molecule has 1 aromatic heterocycles. The van der Waals surface area contributed by atoms with E-state index in [9.17, 15) is 4.79 Å². The molecule has 0 saturated carbocycles. The molecule has 5 nitrogen and oxygen atoms in total. The number of carbonyl (C=O) groups excluding carboxylic acids is 1. The molecule has 0 aromatic carbocycles. The third-order valence-corrected chi connectivity index (χ3v) is 2.63. The summed E-state index contributed by atoms with van der Waals surface area (Å²) in [5, 5.41) is 0. The predicted molar refractivity (Wildman–Crippen MR) is 73.1 cm³/mol. The molecule has 0 aliphatic carbocycles. The molecule has 0 unspecified atom stereocenters. The van der Waals surface area contributed by atoms with Crippen LogP contribution in [-0.4, -0.2) is 30.8 Å². The maximum atomic E-state index is 11.9. The van der Waals surface area contributed by atoms with E-state index in [1.165, 1.54) is 4.90 Å². The number of amides is 1. The van der Waals surface area contributed by atoms with Crippen LogP contribution in [0.4, 0.5) is 10.6 Å². The summed E-state index contributed by atoms with van der Waals surface area (Å²) in [7, 11) is 3.15. The number of nitrogens with zero attached hydrogens (tertiary/aromatic N) is 2. The standard InChI is InChI=1S/C12H17BrN2O3/c1-12(2,3)18-11(16)15(4)10-6-9(17-5)8(13)7-14-10/h6-7H,1-5H3. The van der Waals surface area contributed by atoms with E-state index in [0.29, 0.717) is 11.6 Å². The van der Waals surface area contributed by atoms with Crippen LogP contribution < -0.4 is 9.64 Å². The van der Waals surface area contributed by atoms with Gasteiger partial charge in [-0.3, -0.25) is 4.90 Å². The fraction of sp³-hybridized carbons (Fsp3) is 0.500. The first-order valence-electron chi connectivity index (χ1n) is 5.41. The van der Waals surface area contributed by atoms with Gasteiger partial charge in [0.05, 0.1) is 11.6 Å². The topological polar surface area (TPSA) is 51.7 Å². The number of hydrogen-bond acceptors (Lipinski definition) is 4. The molecule has 0 radical (unpaired) electrons. The summed E-state index contributed by atoms with van der Waals surface area (Å²) < 4.78 is 11.1. The van der Waals surface area contributed by atoms with Crippen LogP contribution >= 0.6 is 15.9 Å². The lowest BCUT2D eigenvalue weighted by Gasteiger charge is -2.24. The molecule has 0 bridgehead atoms. The fourth-order valence-electron chi connectivity index (χ4n) is 1.17. The second kappa shape index (κ2) is 5.56. The maximum Gasteiger partial charge on any atom is 0.415 e. The summed E-state index contributed by atoms with van der Waals surface area (Å²) >= 11 is 3.30. The Morgan fingerprint density at radius 1 is 1.44 bits per heavy atom. The first-order chi connectivity index (χ1) is 8.24. The number of aromatic nitrogens is 1. The zero-order chi connectivity index (χ0) is 13.9. The van der Waals surface area contributed by atoms with Crippen LogP contribution in [0.15, 0.2) is 16.7 Å². The first kappa shape index (κ1) is 14.8. The van der Waals surface area contributed by atoms with Crippen LogP contribution in [0, 0.1) is 0 Å². The van der Waals surface area contributed by atoms with Gasteiger partial charge in [0.25, 0.3) is 0 Å². The summed E-state index contributed by atoms with van der Waals surface area (Å²) in [6.45, 7) is 5.44. The van der Waals surface area contributed by atoms with Crippen LogP contribution in [0.5, 0.6) is 5.75 Å². The minimum absolute atomic E-state index is 0.459. The van der Waals surface area contributed by atoms with Crippen molar-refractivity contribution in [2.45, 2.75) is 26.4 Å². The van der Waals surface area contributed by atoms with E-state index in [2.05, 4.69) is 20.9 Å². The molecular weight excluding hydrogens is 300 g/mol. The molecule has 18 heavy (non-hydrogen) atoms. The van der Waals surface area contributed by atoms with Gasteiger partial charge in [-0.2, -0.15) is 0 Å². The zero-order valence-electron chi connectivity index (χ0n) is 11.2. The number of ether oxygens (including phenoxy) is 2. The summed E-state index contributed by atoms with van der Waals surface area (Å²) in [5.41, 5.74) is -0.537. The van der Waals surface area contributed by atoms with Crippen molar-refractivity contribution in [3.63, 3.8) is 0 Å². The van der Waals surface area contributed by atoms with Gasteiger partial charge in [0.15, 0.2) is 0 Å². The monoisotopic (exact) mass is 316 g/mol. The van der Waals surface area contributed by atoms with E-state index in [4.69, 9.17) is 9.47 Å². The Morgan fingerprint density at radius 2 is 2.06 bits per heavy atom. The van der Waals surface area contributed by atoms with Crippen LogP contribution in [0.1, 0.15) is 20.8 Å². The summed E-state index contributed by atoms with van der Waals surface area (Å²) in [5.74, 6) is 1.07. The fourth-order valence-corrected chi connectivity index (χ4v) is 1.55. The highest BCUT2D eigenvalue weighted by atomic mass is 79.9. The van der Waals surface area contributed by atoms with Crippen molar-refractivity contribution in [3.05, 3.63) is 16.7 Å². The van der Waals surface area contributed by atoms with Crippen LogP contribution in [0.25, 0.3) is 0 Å². The lowest BCUT2D eigenvalue weighted by Crippen LogP contribution is -2.34. The van der Waals surface area contributed by atoms with Crippen LogP contribution in [-0.2, 0) is 4.74 Å². The van der Waals surface area contributed by atoms with E-state index in [1.807, 2.05) is 20.8 Å². The smallest absolute Gasteiger partial charge is 0.415 e. The van der Waals surface area contributed by atoms with Gasteiger partial charge in [0.2, 0.25) is 0 Å². The molecule has 0 aliphatic rings. The zero-order valence-corrected chi connectivity index (χ0v) is 12.7. The number of pyridine rings is 1. The SMILES string of the molecule is COc1cc(N(C)C(=O)OC(C)(C)C)ncc1Br. The largest absolute Gasteiger partial charge is 0.495 e. The van der Waals surface area contributed by atoms with Crippen molar-refractivity contribution in [2.75, 3.05) is 19.1 Å². The summed E-state index contributed by atoms with van der Waals surface area (Å²) in [6.07, 6.45) is 1.12. The van der Waals surface area contributed by atoms with Crippen molar-refractivity contribution in [2.24, 2.45) is 0 Å². The van der Waals surface area contributed by atoms with Gasteiger partial charge >= 0.3 is 6.09 Å². The molecule has 0 N–H and O–H groups in total. The highest BCUT2D eigenvalue weighted by Gasteiger charge is 2.21. The average molecular weight is 317 g/mol. The minimum Gasteiger partial charge on any atom is -0.495 e. The van der Waals surface area contributed by atoms with Gasteiger partial charge in [-0.1, -0.05) is 0 Å². The second-order valence-corrected chi connectivity index (χ2v) is 5.57. The van der Waals surface area contributed by atoms with Crippen molar-refractivity contribution < 1.29 is 14.3 Å². The number of rotatable bonds is 2. The first-order valence-corrected chi connectivity index (χ1v) is 6.20. The van der Waals surface area contributed by atoms with Crippen LogP contribution in [0.3, 0.4) is 0 Å².